The van der Waals surface area contributed by atoms with Crippen LogP contribution >= 0.6 is 0 Å². The van der Waals surface area contributed by atoms with E-state index in [1.165, 1.54) is 0 Å². The highest BCUT2D eigenvalue weighted by Gasteiger charge is 2.59. The third-order valence-electron chi connectivity index (χ3n) is 5.58. The van der Waals surface area contributed by atoms with Gasteiger partial charge in [-0.1, -0.05) is 13.8 Å². The predicted octanol–water partition coefficient (Wildman–Crippen LogP) is 2.59. The Balaban J connectivity index is 1.92. The molecule has 0 aromatic rings. The number of Topliss-reactive ketones (excluding diaryl/α,β-unsaturated/α-hetero) is 1. The molecule has 0 amide bonds. The van der Waals surface area contributed by atoms with Gasteiger partial charge in [-0.05, 0) is 25.2 Å². The Morgan fingerprint density at radius 2 is 2.00 bits per heavy atom. The van der Waals surface area contributed by atoms with E-state index in [2.05, 4.69) is 6.92 Å². The van der Waals surface area contributed by atoms with E-state index in [9.17, 15) is 9.90 Å². The second kappa shape index (κ2) is 4.32. The van der Waals surface area contributed by atoms with Crippen molar-refractivity contribution in [3.63, 3.8) is 0 Å². The molecule has 1 heterocycles. The lowest BCUT2D eigenvalue weighted by Crippen LogP contribution is -2.56. The summed E-state index contributed by atoms with van der Waals surface area (Å²) in [7, 11) is 0. The third kappa shape index (κ3) is 1.69. The van der Waals surface area contributed by atoms with E-state index in [0.717, 1.165) is 25.5 Å². The lowest BCUT2D eigenvalue weighted by molar-refractivity contribution is -0.241. The van der Waals surface area contributed by atoms with Gasteiger partial charge in [-0.2, -0.15) is 0 Å². The number of carbonyl (C=O) groups is 1. The Labute approximate surface area is 113 Å². The Morgan fingerprint density at radius 1 is 1.32 bits per heavy atom. The van der Waals surface area contributed by atoms with Gasteiger partial charge in [0.15, 0.2) is 11.6 Å². The number of ketones is 1. The van der Waals surface area contributed by atoms with Crippen molar-refractivity contribution in [2.75, 3.05) is 13.2 Å². The van der Waals surface area contributed by atoms with Gasteiger partial charge in [0.05, 0.1) is 19.5 Å². The topological polar surface area (TPSA) is 55.8 Å². The maximum atomic E-state index is 12.6. The number of carbonyl (C=O) groups excluding carboxylic acids is 1. The monoisotopic (exact) mass is 266 g/mol. The van der Waals surface area contributed by atoms with Crippen molar-refractivity contribution >= 4 is 5.78 Å². The standard InChI is InChI=1S/C15H22O4/c1-10-12-4-3-11(9-16)13(17)14(12,2)5-6-15(10)18-7-8-19-15/h9-10,12,16H,3-8H2,1-2H3/b11-9-/t10-,12-,14-/m0/s1. The molecular formula is C15H22O4. The fourth-order valence-electron chi connectivity index (χ4n) is 4.35. The molecule has 3 atom stereocenters. The number of hydrogen-bond donors (Lipinski definition) is 1. The highest BCUT2D eigenvalue weighted by Crippen LogP contribution is 2.56. The number of rotatable bonds is 0. The molecule has 2 saturated carbocycles. The van der Waals surface area contributed by atoms with E-state index < -0.39 is 5.79 Å². The molecule has 1 N–H and O–H groups in total. The average Bonchev–Trinajstić information content (AvgIpc) is 2.88. The van der Waals surface area contributed by atoms with Crippen LogP contribution in [0, 0.1) is 17.3 Å². The molecule has 0 aromatic carbocycles. The molecule has 1 saturated heterocycles. The van der Waals surface area contributed by atoms with Crippen LogP contribution in [0.15, 0.2) is 11.8 Å². The van der Waals surface area contributed by atoms with Crippen LogP contribution in [0.2, 0.25) is 0 Å². The first-order valence-corrected chi connectivity index (χ1v) is 7.19. The summed E-state index contributed by atoms with van der Waals surface area (Å²) in [6.07, 6.45) is 4.13. The van der Waals surface area contributed by atoms with Crippen LogP contribution in [0.5, 0.6) is 0 Å². The Bertz CT molecular complexity index is 422. The molecule has 0 bridgehead atoms. The molecule has 3 rings (SSSR count). The lowest BCUT2D eigenvalue weighted by atomic mass is 9.54. The van der Waals surface area contributed by atoms with Crippen molar-refractivity contribution in [1.29, 1.82) is 0 Å². The van der Waals surface area contributed by atoms with Crippen LogP contribution in [0.25, 0.3) is 0 Å². The van der Waals surface area contributed by atoms with Gasteiger partial charge >= 0.3 is 0 Å². The summed E-state index contributed by atoms with van der Waals surface area (Å²) in [4.78, 5) is 12.6. The van der Waals surface area contributed by atoms with Gasteiger partial charge in [0.25, 0.3) is 0 Å². The van der Waals surface area contributed by atoms with Gasteiger partial charge in [-0.15, -0.1) is 0 Å². The molecule has 0 unspecified atom stereocenters. The number of ether oxygens (including phenoxy) is 2. The van der Waals surface area contributed by atoms with Crippen LogP contribution in [0.4, 0.5) is 0 Å². The van der Waals surface area contributed by atoms with Crippen LogP contribution < -0.4 is 0 Å². The van der Waals surface area contributed by atoms with Crippen molar-refractivity contribution in [3.05, 3.63) is 11.8 Å². The summed E-state index contributed by atoms with van der Waals surface area (Å²) < 4.78 is 11.8. The first kappa shape index (κ1) is 13.1. The minimum Gasteiger partial charge on any atom is -0.515 e. The molecule has 19 heavy (non-hydrogen) atoms. The van der Waals surface area contributed by atoms with Crippen LogP contribution in [-0.4, -0.2) is 29.9 Å². The zero-order valence-electron chi connectivity index (χ0n) is 11.6. The van der Waals surface area contributed by atoms with E-state index in [-0.39, 0.29) is 23.0 Å². The van der Waals surface area contributed by atoms with E-state index in [4.69, 9.17) is 9.47 Å². The Morgan fingerprint density at radius 3 is 2.63 bits per heavy atom. The molecule has 1 aliphatic heterocycles. The molecular weight excluding hydrogens is 244 g/mol. The summed E-state index contributed by atoms with van der Waals surface area (Å²) in [6, 6.07) is 0. The van der Waals surface area contributed by atoms with E-state index in [1.54, 1.807) is 0 Å². The molecule has 3 aliphatic rings. The normalized spacial score (nSPS) is 43.7. The van der Waals surface area contributed by atoms with Gasteiger partial charge in [-0.3, -0.25) is 4.79 Å². The smallest absolute Gasteiger partial charge is 0.171 e. The van der Waals surface area contributed by atoms with Crippen molar-refractivity contribution in [1.82, 2.24) is 0 Å². The van der Waals surface area contributed by atoms with Gasteiger partial charge in [-0.25, -0.2) is 0 Å². The highest BCUT2D eigenvalue weighted by molar-refractivity contribution is 6.00. The molecule has 4 heteroatoms. The van der Waals surface area contributed by atoms with Crippen molar-refractivity contribution in [3.8, 4) is 0 Å². The average molecular weight is 266 g/mol. The van der Waals surface area contributed by atoms with Gasteiger partial charge < -0.3 is 14.6 Å². The number of hydrogen-bond acceptors (Lipinski definition) is 4. The van der Waals surface area contributed by atoms with Gasteiger partial charge in [0, 0.05) is 23.3 Å². The van der Waals surface area contributed by atoms with Crippen molar-refractivity contribution in [2.45, 2.75) is 45.3 Å². The molecule has 106 valence electrons. The molecule has 3 fully saturated rings. The molecule has 0 radical (unpaired) electrons. The maximum Gasteiger partial charge on any atom is 0.171 e. The summed E-state index contributed by atoms with van der Waals surface area (Å²) in [5.41, 5.74) is 0.211. The molecule has 0 aromatic heterocycles. The van der Waals surface area contributed by atoms with Gasteiger partial charge in [0.2, 0.25) is 0 Å². The minimum atomic E-state index is -0.467. The maximum absolute atomic E-state index is 12.6. The van der Waals surface area contributed by atoms with E-state index in [1.807, 2.05) is 6.92 Å². The summed E-state index contributed by atoms with van der Waals surface area (Å²) in [6.45, 7) is 5.50. The largest absolute Gasteiger partial charge is 0.515 e. The van der Waals surface area contributed by atoms with E-state index >= 15 is 0 Å². The number of allylic oxidation sites excluding steroid dienone is 1. The Kier molecular flexibility index (Phi) is 2.98. The number of fused-ring (bicyclic) bond motifs is 1. The summed E-state index contributed by atoms with van der Waals surface area (Å²) in [5, 5.41) is 9.20. The predicted molar refractivity (Wildman–Crippen MR) is 69.6 cm³/mol. The Hall–Kier alpha value is -0.870. The SMILES string of the molecule is C[C@H]1[C@@H]2CC/C(=C/O)C(=O)[C@@]2(C)CCC12OCCO2. The van der Waals surface area contributed by atoms with Crippen LogP contribution in [0.3, 0.4) is 0 Å². The number of aliphatic hydroxyl groups is 1. The van der Waals surface area contributed by atoms with Gasteiger partial charge in [0.1, 0.15) is 0 Å². The fourth-order valence-corrected chi connectivity index (χ4v) is 4.35. The zero-order valence-corrected chi connectivity index (χ0v) is 11.6. The molecule has 1 spiro atoms. The fraction of sp³-hybridized carbons (Fsp3) is 0.800. The number of aliphatic hydroxyl groups excluding tert-OH is 1. The zero-order chi connectivity index (χ0) is 13.7. The summed E-state index contributed by atoms with van der Waals surface area (Å²) in [5.74, 6) is 0.143. The molecule has 2 aliphatic carbocycles. The first-order valence-electron chi connectivity index (χ1n) is 7.19. The second-order valence-electron chi connectivity index (χ2n) is 6.34. The third-order valence-corrected chi connectivity index (χ3v) is 5.58. The first-order chi connectivity index (χ1) is 9.03. The summed E-state index contributed by atoms with van der Waals surface area (Å²) >= 11 is 0. The van der Waals surface area contributed by atoms with E-state index in [0.29, 0.717) is 25.2 Å². The lowest BCUT2D eigenvalue weighted by Gasteiger charge is -2.53. The van der Waals surface area contributed by atoms with Crippen LogP contribution in [-0.2, 0) is 14.3 Å². The van der Waals surface area contributed by atoms with Crippen molar-refractivity contribution < 1.29 is 19.4 Å². The van der Waals surface area contributed by atoms with Crippen LogP contribution in [0.1, 0.15) is 39.5 Å². The second-order valence-corrected chi connectivity index (χ2v) is 6.34. The quantitative estimate of drug-likeness (QED) is 0.541. The highest BCUT2D eigenvalue weighted by atomic mass is 16.7. The molecule has 4 nitrogen and oxygen atoms in total. The van der Waals surface area contributed by atoms with Crippen molar-refractivity contribution in [2.24, 2.45) is 17.3 Å². The minimum absolute atomic E-state index is 0.117.